The Balaban J connectivity index is 2.21. The second kappa shape index (κ2) is 4.68. The highest BCUT2D eigenvalue weighted by Gasteiger charge is 2.50. The van der Waals surface area contributed by atoms with Crippen molar-refractivity contribution >= 4 is 40.2 Å². The quantitative estimate of drug-likeness (QED) is 0.403. The first-order chi connectivity index (χ1) is 7.80. The van der Waals surface area contributed by atoms with Gasteiger partial charge in [-0.15, -0.1) is 0 Å². The van der Waals surface area contributed by atoms with Gasteiger partial charge in [-0.25, -0.2) is 0 Å². The van der Waals surface area contributed by atoms with Crippen molar-refractivity contribution < 1.29 is 19.0 Å². The third kappa shape index (κ3) is 2.77. The van der Waals surface area contributed by atoms with Crippen LogP contribution in [0.25, 0.3) is 0 Å². The number of alkyl halides is 1. The van der Waals surface area contributed by atoms with E-state index >= 15 is 0 Å². The summed E-state index contributed by atoms with van der Waals surface area (Å²) < 4.78 is 16.7. The predicted molar refractivity (Wildman–Crippen MR) is 71.1 cm³/mol. The van der Waals surface area contributed by atoms with Crippen LogP contribution < -0.4 is 0 Å². The van der Waals surface area contributed by atoms with E-state index in [0.29, 0.717) is 5.03 Å². The zero-order chi connectivity index (χ0) is 12.8. The molecule has 1 fully saturated rings. The van der Waals surface area contributed by atoms with Crippen LogP contribution in [0.2, 0.25) is 0 Å². The largest absolute Gasteiger partial charge is 0.457 e. The van der Waals surface area contributed by atoms with Crippen LogP contribution in [0.15, 0.2) is 11.1 Å². The van der Waals surface area contributed by atoms with E-state index in [1.807, 2.05) is 13.8 Å². The average molecular weight is 373 g/mol. The molecular formula is C11H14ClIO4. The summed E-state index contributed by atoms with van der Waals surface area (Å²) in [5.74, 6) is -0.980. The normalized spacial score (nSPS) is 39.5. The molecule has 0 saturated carbocycles. The summed E-state index contributed by atoms with van der Waals surface area (Å²) in [6, 6.07) is 0. The van der Waals surface area contributed by atoms with E-state index in [1.54, 1.807) is 6.08 Å². The molecule has 1 aliphatic carbocycles. The summed E-state index contributed by atoms with van der Waals surface area (Å²) in [5.41, 5.74) is 0. The van der Waals surface area contributed by atoms with Crippen LogP contribution in [-0.2, 0) is 19.0 Å². The first-order valence-corrected chi connectivity index (χ1v) is 6.97. The minimum Gasteiger partial charge on any atom is -0.457 e. The van der Waals surface area contributed by atoms with Crippen LogP contribution in [0, 0.1) is 0 Å². The van der Waals surface area contributed by atoms with E-state index < -0.39 is 5.79 Å². The molecule has 2 aliphatic rings. The fourth-order valence-electron chi connectivity index (χ4n) is 2.06. The number of ether oxygens (including phenoxy) is 3. The molecule has 0 aromatic heterocycles. The first kappa shape index (κ1) is 13.6. The second-order valence-electron chi connectivity index (χ2n) is 4.59. The maximum atomic E-state index is 11.0. The van der Waals surface area contributed by atoms with Crippen molar-refractivity contribution in [2.75, 3.05) is 0 Å². The summed E-state index contributed by atoms with van der Waals surface area (Å²) in [5, 5.41) is 0.541. The van der Waals surface area contributed by atoms with E-state index in [1.165, 1.54) is 6.92 Å². The second-order valence-corrected chi connectivity index (χ2v) is 6.47. The van der Waals surface area contributed by atoms with Gasteiger partial charge in [-0.05, 0) is 19.9 Å². The molecule has 4 atom stereocenters. The Labute approximate surface area is 119 Å². The summed E-state index contributed by atoms with van der Waals surface area (Å²) in [4.78, 5) is 11.0. The molecule has 4 nitrogen and oxygen atoms in total. The Morgan fingerprint density at radius 3 is 2.76 bits per heavy atom. The third-order valence-electron chi connectivity index (χ3n) is 2.65. The fraction of sp³-hybridized carbons (Fsp3) is 0.727. The number of rotatable bonds is 1. The molecule has 0 bridgehead atoms. The van der Waals surface area contributed by atoms with Gasteiger partial charge in [-0.2, -0.15) is 0 Å². The van der Waals surface area contributed by atoms with Crippen molar-refractivity contribution in [2.24, 2.45) is 0 Å². The molecule has 0 aromatic carbocycles. The van der Waals surface area contributed by atoms with Gasteiger partial charge >= 0.3 is 5.97 Å². The lowest BCUT2D eigenvalue weighted by atomic mass is 9.99. The number of carbonyl (C=O) groups is 1. The van der Waals surface area contributed by atoms with Gasteiger partial charge in [-0.3, -0.25) is 4.79 Å². The van der Waals surface area contributed by atoms with E-state index in [9.17, 15) is 4.79 Å². The van der Waals surface area contributed by atoms with Gasteiger partial charge < -0.3 is 14.2 Å². The van der Waals surface area contributed by atoms with Crippen LogP contribution in [0.5, 0.6) is 0 Å². The smallest absolute Gasteiger partial charge is 0.303 e. The molecule has 0 radical (unpaired) electrons. The molecule has 2 rings (SSSR count). The van der Waals surface area contributed by atoms with Crippen LogP contribution in [0.1, 0.15) is 20.8 Å². The topological polar surface area (TPSA) is 44.8 Å². The Hall–Kier alpha value is 0.150. The first-order valence-electron chi connectivity index (χ1n) is 5.34. The molecule has 0 spiro atoms. The zero-order valence-corrected chi connectivity index (χ0v) is 12.7. The minimum absolute atomic E-state index is 0.00854. The van der Waals surface area contributed by atoms with Crippen molar-refractivity contribution in [2.45, 2.75) is 48.8 Å². The Bertz CT molecular complexity index is 368. The SMILES string of the molecule is CC(=O)O[C@H]1C=C(Cl)[C@H]2OC(C)(C)O[C@H]2[C@@H]1I. The molecule has 0 N–H and O–H groups in total. The van der Waals surface area contributed by atoms with Gasteiger partial charge in [-0.1, -0.05) is 34.2 Å². The molecule has 0 amide bonds. The van der Waals surface area contributed by atoms with E-state index in [0.717, 1.165) is 0 Å². The van der Waals surface area contributed by atoms with Crippen LogP contribution in [0.4, 0.5) is 0 Å². The molecule has 1 heterocycles. The van der Waals surface area contributed by atoms with Gasteiger partial charge in [0.25, 0.3) is 0 Å². The minimum atomic E-state index is -0.655. The summed E-state index contributed by atoms with van der Waals surface area (Å²) in [7, 11) is 0. The molecule has 1 saturated heterocycles. The molecule has 0 unspecified atom stereocenters. The Morgan fingerprint density at radius 1 is 1.53 bits per heavy atom. The lowest BCUT2D eigenvalue weighted by Gasteiger charge is -2.31. The van der Waals surface area contributed by atoms with Crippen molar-refractivity contribution in [3.63, 3.8) is 0 Å². The average Bonchev–Trinajstić information content (AvgIpc) is 2.50. The Morgan fingerprint density at radius 2 is 2.18 bits per heavy atom. The molecule has 96 valence electrons. The van der Waals surface area contributed by atoms with Crippen LogP contribution in [0.3, 0.4) is 0 Å². The van der Waals surface area contributed by atoms with Crippen molar-refractivity contribution in [3.8, 4) is 0 Å². The number of hydrogen-bond acceptors (Lipinski definition) is 4. The molecule has 0 aromatic rings. The molecule has 6 heteroatoms. The highest BCUT2D eigenvalue weighted by molar-refractivity contribution is 14.1. The van der Waals surface area contributed by atoms with Gasteiger partial charge in [0, 0.05) is 12.0 Å². The summed E-state index contributed by atoms with van der Waals surface area (Å²) in [6.45, 7) is 5.08. The third-order valence-corrected chi connectivity index (χ3v) is 4.41. The zero-order valence-electron chi connectivity index (χ0n) is 9.78. The highest BCUT2D eigenvalue weighted by Crippen LogP contribution is 2.41. The monoisotopic (exact) mass is 372 g/mol. The number of fused-ring (bicyclic) bond motifs is 1. The maximum Gasteiger partial charge on any atom is 0.303 e. The van der Waals surface area contributed by atoms with Crippen LogP contribution >= 0.6 is 34.2 Å². The number of hydrogen-bond donors (Lipinski definition) is 0. The molecule has 1 aliphatic heterocycles. The maximum absolute atomic E-state index is 11.0. The summed E-state index contributed by atoms with van der Waals surface area (Å²) in [6.07, 6.45) is 0.915. The molecule has 17 heavy (non-hydrogen) atoms. The lowest BCUT2D eigenvalue weighted by Crippen LogP contribution is -2.44. The summed E-state index contributed by atoms with van der Waals surface area (Å²) >= 11 is 8.36. The fourth-order valence-corrected chi connectivity index (χ4v) is 3.23. The van der Waals surface area contributed by atoms with E-state index in [4.69, 9.17) is 25.8 Å². The van der Waals surface area contributed by atoms with Gasteiger partial charge in [0.2, 0.25) is 0 Å². The van der Waals surface area contributed by atoms with Gasteiger partial charge in [0.15, 0.2) is 5.79 Å². The van der Waals surface area contributed by atoms with Gasteiger partial charge in [0.05, 0.1) is 3.92 Å². The van der Waals surface area contributed by atoms with Gasteiger partial charge in [0.1, 0.15) is 18.3 Å². The standard InChI is InChI=1S/C11H14ClIO4/c1-5(14)15-7-4-6(12)9-10(8(7)13)17-11(2,3)16-9/h4,7-10H,1-3H3/t7-,8+,9+,10-/m0/s1. The number of carbonyl (C=O) groups excluding carboxylic acids is 1. The number of halogens is 2. The van der Waals surface area contributed by atoms with Crippen molar-refractivity contribution in [3.05, 3.63) is 11.1 Å². The highest BCUT2D eigenvalue weighted by atomic mass is 127. The van der Waals surface area contributed by atoms with E-state index in [2.05, 4.69) is 22.6 Å². The lowest BCUT2D eigenvalue weighted by molar-refractivity contribution is -0.149. The Kier molecular flexibility index (Phi) is 3.74. The molecular weight excluding hydrogens is 358 g/mol. The number of esters is 1. The van der Waals surface area contributed by atoms with E-state index in [-0.39, 0.29) is 28.2 Å². The van der Waals surface area contributed by atoms with Crippen molar-refractivity contribution in [1.82, 2.24) is 0 Å². The van der Waals surface area contributed by atoms with Crippen LogP contribution in [-0.4, -0.2) is 34.0 Å². The van der Waals surface area contributed by atoms with Crippen molar-refractivity contribution in [1.29, 1.82) is 0 Å². The predicted octanol–water partition coefficient (Wildman–Crippen LogP) is 2.38.